The summed E-state index contributed by atoms with van der Waals surface area (Å²) in [5, 5.41) is 0.654. The Morgan fingerprint density at radius 3 is 2.56 bits per heavy atom. The number of benzene rings is 1. The van der Waals surface area contributed by atoms with Crippen molar-refractivity contribution in [3.63, 3.8) is 0 Å². The Balaban J connectivity index is 2.65. The first kappa shape index (κ1) is 15.3. The maximum atomic E-state index is 6.11. The molecular formula is C14H23ClN2O. The average molecular weight is 271 g/mol. The fourth-order valence-corrected chi connectivity index (χ4v) is 2.25. The highest BCUT2D eigenvalue weighted by Crippen LogP contribution is 2.25. The SMILES string of the molecule is COc1ccc(CN(C)CC(C)(C)CN)cc1Cl. The highest BCUT2D eigenvalue weighted by molar-refractivity contribution is 6.32. The van der Waals surface area contributed by atoms with E-state index in [1.807, 2.05) is 18.2 Å². The van der Waals surface area contributed by atoms with Crippen LogP contribution >= 0.6 is 11.6 Å². The van der Waals surface area contributed by atoms with Crippen molar-refractivity contribution in [2.24, 2.45) is 11.1 Å². The second kappa shape index (κ2) is 6.41. The van der Waals surface area contributed by atoms with E-state index in [4.69, 9.17) is 22.1 Å². The molecule has 0 amide bonds. The van der Waals surface area contributed by atoms with Crippen molar-refractivity contribution in [3.05, 3.63) is 28.8 Å². The van der Waals surface area contributed by atoms with Gasteiger partial charge in [-0.3, -0.25) is 0 Å². The van der Waals surface area contributed by atoms with E-state index in [0.29, 0.717) is 17.3 Å². The van der Waals surface area contributed by atoms with Gasteiger partial charge in [-0.2, -0.15) is 0 Å². The van der Waals surface area contributed by atoms with Crippen LogP contribution in [0.5, 0.6) is 5.75 Å². The van der Waals surface area contributed by atoms with Crippen molar-refractivity contribution in [1.82, 2.24) is 4.90 Å². The molecule has 0 heterocycles. The third-order valence-electron chi connectivity index (χ3n) is 2.92. The largest absolute Gasteiger partial charge is 0.495 e. The monoisotopic (exact) mass is 270 g/mol. The zero-order chi connectivity index (χ0) is 13.8. The van der Waals surface area contributed by atoms with Gasteiger partial charge in [0, 0.05) is 13.1 Å². The summed E-state index contributed by atoms with van der Waals surface area (Å²) in [7, 11) is 3.71. The van der Waals surface area contributed by atoms with Crippen LogP contribution in [-0.4, -0.2) is 32.1 Å². The van der Waals surface area contributed by atoms with Gasteiger partial charge >= 0.3 is 0 Å². The van der Waals surface area contributed by atoms with Gasteiger partial charge in [-0.05, 0) is 36.7 Å². The van der Waals surface area contributed by atoms with Crippen LogP contribution in [-0.2, 0) is 6.54 Å². The van der Waals surface area contributed by atoms with Crippen LogP contribution in [0.3, 0.4) is 0 Å². The zero-order valence-electron chi connectivity index (χ0n) is 11.7. The molecule has 0 saturated carbocycles. The van der Waals surface area contributed by atoms with Crippen LogP contribution < -0.4 is 10.5 Å². The predicted octanol–water partition coefficient (Wildman–Crippen LogP) is 2.77. The molecular weight excluding hydrogens is 248 g/mol. The Morgan fingerprint density at radius 1 is 1.39 bits per heavy atom. The summed E-state index contributed by atoms with van der Waals surface area (Å²) in [5.74, 6) is 0.713. The topological polar surface area (TPSA) is 38.5 Å². The molecule has 1 rings (SSSR count). The van der Waals surface area contributed by atoms with Gasteiger partial charge in [0.15, 0.2) is 0 Å². The van der Waals surface area contributed by atoms with Gasteiger partial charge in [0.05, 0.1) is 12.1 Å². The summed E-state index contributed by atoms with van der Waals surface area (Å²) in [4.78, 5) is 2.25. The van der Waals surface area contributed by atoms with E-state index in [9.17, 15) is 0 Å². The fourth-order valence-electron chi connectivity index (χ4n) is 1.97. The molecule has 0 spiro atoms. The molecule has 0 aliphatic heterocycles. The molecule has 102 valence electrons. The molecule has 0 radical (unpaired) electrons. The van der Waals surface area contributed by atoms with E-state index in [0.717, 1.165) is 13.1 Å². The Kier molecular flexibility index (Phi) is 5.45. The molecule has 3 nitrogen and oxygen atoms in total. The quantitative estimate of drug-likeness (QED) is 0.864. The maximum absolute atomic E-state index is 6.11. The number of methoxy groups -OCH3 is 1. The normalized spacial score (nSPS) is 11.9. The standard InChI is InChI=1S/C14H23ClN2O/c1-14(2,9-16)10-17(3)8-11-5-6-13(18-4)12(15)7-11/h5-7H,8-10,16H2,1-4H3. The number of hydrogen-bond donors (Lipinski definition) is 1. The van der Waals surface area contributed by atoms with Crippen molar-refractivity contribution in [2.75, 3.05) is 27.2 Å². The van der Waals surface area contributed by atoms with E-state index in [-0.39, 0.29) is 5.41 Å². The van der Waals surface area contributed by atoms with Crippen LogP contribution in [0.4, 0.5) is 0 Å². The van der Waals surface area contributed by atoms with Crippen molar-refractivity contribution < 1.29 is 4.74 Å². The van der Waals surface area contributed by atoms with Crippen molar-refractivity contribution in [1.29, 1.82) is 0 Å². The molecule has 0 unspecified atom stereocenters. The summed E-state index contributed by atoms with van der Waals surface area (Å²) < 4.78 is 5.14. The molecule has 1 aromatic rings. The molecule has 0 bridgehead atoms. The summed E-state index contributed by atoms with van der Waals surface area (Å²) in [6, 6.07) is 5.89. The highest BCUT2D eigenvalue weighted by atomic mass is 35.5. The molecule has 4 heteroatoms. The molecule has 18 heavy (non-hydrogen) atoms. The molecule has 0 fully saturated rings. The van der Waals surface area contributed by atoms with Gasteiger partial charge in [0.25, 0.3) is 0 Å². The smallest absolute Gasteiger partial charge is 0.137 e. The number of halogens is 1. The van der Waals surface area contributed by atoms with Crippen molar-refractivity contribution in [3.8, 4) is 5.75 Å². The van der Waals surface area contributed by atoms with E-state index in [2.05, 4.69) is 25.8 Å². The second-order valence-electron chi connectivity index (χ2n) is 5.51. The van der Waals surface area contributed by atoms with Gasteiger partial charge in [-0.1, -0.05) is 31.5 Å². The van der Waals surface area contributed by atoms with Gasteiger partial charge in [-0.25, -0.2) is 0 Å². The Bertz CT molecular complexity index is 393. The van der Waals surface area contributed by atoms with E-state index < -0.39 is 0 Å². The number of hydrogen-bond acceptors (Lipinski definition) is 3. The van der Waals surface area contributed by atoms with Crippen LogP contribution in [0.25, 0.3) is 0 Å². The summed E-state index contributed by atoms with van der Waals surface area (Å²) in [6.45, 7) is 6.83. The summed E-state index contributed by atoms with van der Waals surface area (Å²) in [6.07, 6.45) is 0. The number of nitrogens with zero attached hydrogens (tertiary/aromatic N) is 1. The molecule has 0 aliphatic rings. The summed E-state index contributed by atoms with van der Waals surface area (Å²) in [5.41, 5.74) is 7.05. The van der Waals surface area contributed by atoms with Gasteiger partial charge < -0.3 is 15.4 Å². The number of rotatable bonds is 6. The van der Waals surface area contributed by atoms with E-state index in [1.54, 1.807) is 7.11 Å². The first-order chi connectivity index (χ1) is 8.38. The average Bonchev–Trinajstić information content (AvgIpc) is 2.28. The molecule has 0 aromatic heterocycles. The first-order valence-corrected chi connectivity index (χ1v) is 6.47. The van der Waals surface area contributed by atoms with Gasteiger partial charge in [0.2, 0.25) is 0 Å². The Morgan fingerprint density at radius 2 is 2.06 bits per heavy atom. The minimum absolute atomic E-state index is 0.130. The highest BCUT2D eigenvalue weighted by Gasteiger charge is 2.18. The number of ether oxygens (including phenoxy) is 1. The number of nitrogens with two attached hydrogens (primary N) is 1. The zero-order valence-corrected chi connectivity index (χ0v) is 12.4. The molecule has 2 N–H and O–H groups in total. The van der Waals surface area contributed by atoms with Crippen LogP contribution in [0.15, 0.2) is 18.2 Å². The molecule has 0 atom stereocenters. The Labute approximate surface area is 115 Å². The maximum Gasteiger partial charge on any atom is 0.137 e. The van der Waals surface area contributed by atoms with Gasteiger partial charge in [0.1, 0.15) is 5.75 Å². The molecule has 1 aromatic carbocycles. The van der Waals surface area contributed by atoms with E-state index in [1.165, 1.54) is 5.56 Å². The minimum Gasteiger partial charge on any atom is -0.495 e. The van der Waals surface area contributed by atoms with Crippen LogP contribution in [0, 0.1) is 5.41 Å². The van der Waals surface area contributed by atoms with Crippen molar-refractivity contribution in [2.45, 2.75) is 20.4 Å². The lowest BCUT2D eigenvalue weighted by Crippen LogP contribution is -2.36. The summed E-state index contributed by atoms with van der Waals surface area (Å²) >= 11 is 6.11. The first-order valence-electron chi connectivity index (χ1n) is 6.09. The fraction of sp³-hybridized carbons (Fsp3) is 0.571. The molecule has 0 aliphatic carbocycles. The lowest BCUT2D eigenvalue weighted by atomic mass is 9.93. The van der Waals surface area contributed by atoms with E-state index >= 15 is 0 Å². The third-order valence-corrected chi connectivity index (χ3v) is 3.21. The predicted molar refractivity (Wildman–Crippen MR) is 77.2 cm³/mol. The van der Waals surface area contributed by atoms with Crippen LogP contribution in [0.1, 0.15) is 19.4 Å². The Hall–Kier alpha value is -0.770. The lowest BCUT2D eigenvalue weighted by molar-refractivity contribution is 0.210. The minimum atomic E-state index is 0.130. The van der Waals surface area contributed by atoms with Crippen LogP contribution in [0.2, 0.25) is 5.02 Å². The second-order valence-corrected chi connectivity index (χ2v) is 5.92. The lowest BCUT2D eigenvalue weighted by Gasteiger charge is -2.29. The molecule has 0 saturated heterocycles. The third kappa shape index (κ3) is 4.48. The van der Waals surface area contributed by atoms with Crippen molar-refractivity contribution >= 4 is 11.6 Å². The van der Waals surface area contributed by atoms with Gasteiger partial charge in [-0.15, -0.1) is 0 Å².